The number of hydrogen-bond acceptors (Lipinski definition) is 0. The number of benzene rings is 1. The molecule has 12 heavy (non-hydrogen) atoms. The summed E-state index contributed by atoms with van der Waals surface area (Å²) in [7, 11) is 0. The fourth-order valence-electron chi connectivity index (χ4n) is 0.371. The van der Waals surface area contributed by atoms with Crippen molar-refractivity contribution in [2.45, 2.75) is 13.3 Å². The van der Waals surface area contributed by atoms with Crippen molar-refractivity contribution in [1.29, 1.82) is 0 Å². The fourth-order valence-corrected chi connectivity index (χ4v) is 0.371. The summed E-state index contributed by atoms with van der Waals surface area (Å²) < 4.78 is 11.9. The second-order valence-electron chi connectivity index (χ2n) is 1.72. The van der Waals surface area contributed by atoms with Gasteiger partial charge >= 0.3 is 23.1 Å². The van der Waals surface area contributed by atoms with E-state index in [0.29, 0.717) is 0 Å². The third kappa shape index (κ3) is 13.0. The van der Waals surface area contributed by atoms with Crippen LogP contribution in [-0.4, -0.2) is 23.1 Å². The summed E-state index contributed by atoms with van der Waals surface area (Å²) in [6.07, 6.45) is 1.00. The minimum atomic E-state index is -0.234. The summed E-state index contributed by atoms with van der Waals surface area (Å²) in [6.45, 7) is 5.50. The molecule has 0 saturated carbocycles. The van der Waals surface area contributed by atoms with Crippen LogP contribution in [0.1, 0.15) is 13.3 Å². The van der Waals surface area contributed by atoms with Crippen LogP contribution in [-0.2, 0) is 0 Å². The van der Waals surface area contributed by atoms with E-state index in [1.54, 1.807) is 12.1 Å². The van der Waals surface area contributed by atoms with Gasteiger partial charge in [-0.1, -0.05) is 6.92 Å². The molecule has 0 saturated heterocycles. The normalized spacial score (nSPS) is 6.58. The molecule has 1 rings (SSSR count). The molecule has 0 unspecified atom stereocenters. The van der Waals surface area contributed by atoms with Gasteiger partial charge in [-0.25, -0.2) is 0 Å². The zero-order chi connectivity index (χ0) is 7.82. The Morgan fingerprint density at radius 1 is 1.58 bits per heavy atom. The van der Waals surface area contributed by atoms with Gasteiger partial charge in [-0.3, -0.25) is 4.39 Å². The Morgan fingerprint density at radius 3 is 2.25 bits per heavy atom. The summed E-state index contributed by atoms with van der Waals surface area (Å²) in [5.41, 5.74) is 0. The van der Waals surface area contributed by atoms with Gasteiger partial charge in [0, 0.05) is 5.82 Å². The van der Waals surface area contributed by atoms with Crippen molar-refractivity contribution in [3.05, 3.63) is 43.1 Å². The number of halogens is 2. The van der Waals surface area contributed by atoms with E-state index in [9.17, 15) is 4.39 Å². The summed E-state index contributed by atoms with van der Waals surface area (Å²) >= 11 is 0. The maximum Gasteiger partial charge on any atom is 2.00 e. The molecule has 0 nitrogen and oxygen atoms in total. The van der Waals surface area contributed by atoms with Gasteiger partial charge in [-0.15, -0.1) is 29.1 Å². The van der Waals surface area contributed by atoms with Crippen LogP contribution in [0.3, 0.4) is 0 Å². The summed E-state index contributed by atoms with van der Waals surface area (Å²) in [5, 5.41) is 0. The van der Waals surface area contributed by atoms with Gasteiger partial charge in [0.05, 0.1) is 0 Å². The van der Waals surface area contributed by atoms with Crippen molar-refractivity contribution in [3.63, 3.8) is 0 Å². The molecule has 0 spiro atoms. The third-order valence-corrected chi connectivity index (χ3v) is 0.669. The molecular weight excluding hydrogens is 231 g/mol. The van der Waals surface area contributed by atoms with Crippen molar-refractivity contribution < 1.29 is 4.39 Å². The van der Waals surface area contributed by atoms with Gasteiger partial charge in [0.25, 0.3) is 0 Å². The van der Waals surface area contributed by atoms with Crippen molar-refractivity contribution in [2.24, 2.45) is 0 Å². The van der Waals surface area contributed by atoms with Crippen LogP contribution in [0.5, 0.6) is 0 Å². The van der Waals surface area contributed by atoms with Gasteiger partial charge in [-0.2, -0.15) is 24.6 Å². The first-order valence-corrected chi connectivity index (χ1v) is 3.22. The second kappa shape index (κ2) is 14.0. The van der Waals surface area contributed by atoms with Gasteiger partial charge in [0.2, 0.25) is 0 Å². The van der Waals surface area contributed by atoms with E-state index in [2.05, 4.69) is 13.0 Å². The molecule has 0 fully saturated rings. The van der Waals surface area contributed by atoms with Crippen LogP contribution in [0, 0.1) is 18.8 Å². The molecule has 0 amide bonds. The summed E-state index contributed by atoms with van der Waals surface area (Å²) in [4.78, 5) is 0. The van der Waals surface area contributed by atoms with Gasteiger partial charge in [-0.05, 0) is 0 Å². The zero-order valence-electron chi connectivity index (χ0n) is 7.22. The quantitative estimate of drug-likeness (QED) is 0.485. The Morgan fingerprint density at radius 2 is 2.08 bits per heavy atom. The Balaban J connectivity index is -0.000000146. The van der Waals surface area contributed by atoms with E-state index in [-0.39, 0.29) is 45.9 Å². The first-order chi connectivity index (χ1) is 4.81. The Hall–Kier alpha value is 0.396. The summed E-state index contributed by atoms with van der Waals surface area (Å²) in [5.74, 6) is -0.234. The first-order valence-electron chi connectivity index (χ1n) is 3.22. The van der Waals surface area contributed by atoms with Crippen LogP contribution >= 0.6 is 17.0 Å². The molecule has 64 valence electrons. The molecule has 0 N–H and O–H groups in total. The Kier molecular flexibility index (Phi) is 21.2. The molecule has 0 atom stereocenters. The number of rotatable bonds is 0. The van der Waals surface area contributed by atoms with Crippen molar-refractivity contribution >= 4 is 40.0 Å². The van der Waals surface area contributed by atoms with E-state index >= 15 is 0 Å². The average molecular weight is 243 g/mol. The molecule has 0 radical (unpaired) electrons. The Labute approximate surface area is 100 Å². The predicted molar refractivity (Wildman–Crippen MR) is 57.0 cm³/mol. The SMILES string of the molecule is Br.Fc1c[c-]ccc1.[CH2-]CC.[Mg+2]. The molecule has 0 aliphatic heterocycles. The first kappa shape index (κ1) is 18.2. The van der Waals surface area contributed by atoms with E-state index in [1.807, 2.05) is 6.92 Å². The van der Waals surface area contributed by atoms with E-state index in [1.165, 1.54) is 12.1 Å². The smallest absolute Gasteiger partial charge is 0.344 e. The van der Waals surface area contributed by atoms with Crippen LogP contribution in [0.4, 0.5) is 4.39 Å². The van der Waals surface area contributed by atoms with E-state index < -0.39 is 0 Å². The zero-order valence-corrected chi connectivity index (χ0v) is 10.3. The molecular formula is C9H12BrFMg. The second-order valence-corrected chi connectivity index (χ2v) is 1.72. The van der Waals surface area contributed by atoms with Gasteiger partial charge in [0.15, 0.2) is 0 Å². The van der Waals surface area contributed by atoms with Crippen molar-refractivity contribution in [3.8, 4) is 0 Å². The van der Waals surface area contributed by atoms with E-state index in [0.717, 1.165) is 6.42 Å². The average Bonchev–Trinajstić information content (AvgIpc) is 1.91. The molecule has 0 heterocycles. The van der Waals surface area contributed by atoms with Crippen LogP contribution in [0.15, 0.2) is 24.3 Å². The standard InChI is InChI=1S/C6H4F.C3H7.BrH.Mg/c7-6-4-2-1-3-5-6;1-3-2;;/h1-2,4-5H;1,3H2,2H3;1H;/q2*-1;;+2. The van der Waals surface area contributed by atoms with Crippen LogP contribution in [0.25, 0.3) is 0 Å². The van der Waals surface area contributed by atoms with Gasteiger partial charge < -0.3 is 6.92 Å². The van der Waals surface area contributed by atoms with E-state index in [4.69, 9.17) is 0 Å². The molecule has 3 heteroatoms. The topological polar surface area (TPSA) is 0 Å². The van der Waals surface area contributed by atoms with Crippen molar-refractivity contribution in [1.82, 2.24) is 0 Å². The Bertz CT molecular complexity index is 156. The minimum Gasteiger partial charge on any atom is -0.344 e. The third-order valence-electron chi connectivity index (χ3n) is 0.669. The van der Waals surface area contributed by atoms with Gasteiger partial charge in [0.1, 0.15) is 0 Å². The van der Waals surface area contributed by atoms with Crippen LogP contribution in [0.2, 0.25) is 0 Å². The fraction of sp³-hybridized carbons (Fsp3) is 0.222. The van der Waals surface area contributed by atoms with Crippen LogP contribution < -0.4 is 0 Å². The molecule has 0 aliphatic rings. The number of hydrogen-bond donors (Lipinski definition) is 0. The maximum atomic E-state index is 11.9. The molecule has 0 bridgehead atoms. The molecule has 1 aromatic carbocycles. The minimum absolute atomic E-state index is 0. The molecule has 0 aliphatic carbocycles. The molecule has 1 aromatic rings. The molecule has 0 aromatic heterocycles. The maximum absolute atomic E-state index is 11.9. The monoisotopic (exact) mass is 242 g/mol. The predicted octanol–water partition coefficient (Wildman–Crippen LogP) is 3.05. The summed E-state index contributed by atoms with van der Waals surface area (Å²) in [6, 6.07) is 8.53. The largest absolute Gasteiger partial charge is 2.00 e. The van der Waals surface area contributed by atoms with Crippen molar-refractivity contribution in [2.75, 3.05) is 0 Å².